The van der Waals surface area contributed by atoms with Crippen LogP contribution in [0.3, 0.4) is 0 Å². The van der Waals surface area contributed by atoms with Crippen LogP contribution in [0.1, 0.15) is 25.0 Å². The first-order chi connectivity index (χ1) is 31.5. The molecule has 0 fully saturated rings. The summed E-state index contributed by atoms with van der Waals surface area (Å²) in [5, 5.41) is 8.22. The van der Waals surface area contributed by atoms with Crippen molar-refractivity contribution in [2.45, 2.75) is 19.3 Å². The van der Waals surface area contributed by atoms with Gasteiger partial charge in [0.05, 0.1) is 22.2 Å². The van der Waals surface area contributed by atoms with Crippen LogP contribution >= 0.6 is 0 Å². The molecule has 12 aromatic rings. The monoisotopic (exact) mass is 815 g/mol. The predicted octanol–water partition coefficient (Wildman–Crippen LogP) is 16.0. The van der Waals surface area contributed by atoms with Gasteiger partial charge in [-0.1, -0.05) is 208 Å². The second-order valence-electron chi connectivity index (χ2n) is 17.7. The van der Waals surface area contributed by atoms with Crippen LogP contribution in [-0.4, -0.2) is 14.5 Å². The lowest BCUT2D eigenvalue weighted by atomic mass is 9.82. The summed E-state index contributed by atoms with van der Waals surface area (Å²) in [6, 6.07) is 77.2. The van der Waals surface area contributed by atoms with Crippen molar-refractivity contribution in [2.75, 3.05) is 0 Å². The molecule has 0 amide bonds. The van der Waals surface area contributed by atoms with Gasteiger partial charge in [0.1, 0.15) is 0 Å². The number of fused-ring (bicyclic) bond motifs is 12. The largest absolute Gasteiger partial charge is 0.277 e. The maximum absolute atomic E-state index is 5.54. The Bertz CT molecular complexity index is 3870. The fourth-order valence-corrected chi connectivity index (χ4v) is 10.9. The smallest absolute Gasteiger partial charge is 0.235 e. The molecule has 1 aliphatic carbocycles. The van der Waals surface area contributed by atoms with E-state index in [1.165, 1.54) is 71.3 Å². The van der Waals surface area contributed by atoms with Crippen LogP contribution in [0, 0.1) is 0 Å². The first-order valence-corrected chi connectivity index (χ1v) is 22.2. The first kappa shape index (κ1) is 36.5. The molecule has 10 aromatic carbocycles. The minimum atomic E-state index is -0.0586. The molecule has 0 aliphatic heterocycles. The van der Waals surface area contributed by atoms with E-state index in [4.69, 9.17) is 9.97 Å². The molecular formula is C61H41N3. The molecule has 1 aliphatic rings. The van der Waals surface area contributed by atoms with Gasteiger partial charge in [0, 0.05) is 38.1 Å². The van der Waals surface area contributed by atoms with Gasteiger partial charge in [-0.25, -0.2) is 9.97 Å². The van der Waals surface area contributed by atoms with Crippen LogP contribution in [0.25, 0.3) is 116 Å². The highest BCUT2D eigenvalue weighted by molar-refractivity contribution is 6.33. The summed E-state index contributed by atoms with van der Waals surface area (Å²) >= 11 is 0. The maximum Gasteiger partial charge on any atom is 0.235 e. The van der Waals surface area contributed by atoms with Gasteiger partial charge >= 0.3 is 0 Å². The highest BCUT2D eigenvalue weighted by Gasteiger charge is 2.36. The molecule has 300 valence electrons. The van der Waals surface area contributed by atoms with E-state index in [-0.39, 0.29) is 5.41 Å². The third-order valence-electron chi connectivity index (χ3n) is 13.8. The van der Waals surface area contributed by atoms with E-state index in [9.17, 15) is 0 Å². The van der Waals surface area contributed by atoms with Crippen LogP contribution in [0.4, 0.5) is 0 Å². The van der Waals surface area contributed by atoms with E-state index in [0.29, 0.717) is 5.95 Å². The molecule has 64 heavy (non-hydrogen) atoms. The molecule has 13 rings (SSSR count). The standard InChI is InChI=1S/C61H41N3/c1-61(2)52-33-12-10-28-49(52)55-43(30-17-34-53(55)61)41-22-14-20-39(36-41)40-21-15-23-42(37-40)44-31-16-32-51-56-47-26-8-6-24-45(47)46-25-7-9-27-48(46)59(56)64(58(44)51)60-62-54-35-13-11-29-50(54)57(63-60)38-18-4-3-5-19-38/h3-37H,1-2H3. The minimum Gasteiger partial charge on any atom is -0.277 e. The third kappa shape index (κ3) is 5.34. The van der Waals surface area contributed by atoms with Crippen molar-refractivity contribution in [2.24, 2.45) is 0 Å². The zero-order valence-electron chi connectivity index (χ0n) is 35.5. The Morgan fingerprint density at radius 3 is 1.66 bits per heavy atom. The number of hydrogen-bond acceptors (Lipinski definition) is 2. The molecule has 3 heteroatoms. The second kappa shape index (κ2) is 13.9. The quantitative estimate of drug-likeness (QED) is 0.162. The Balaban J connectivity index is 1.06. The molecule has 0 saturated carbocycles. The van der Waals surface area contributed by atoms with Crippen molar-refractivity contribution in [3.05, 3.63) is 223 Å². The van der Waals surface area contributed by atoms with Crippen molar-refractivity contribution >= 4 is 54.3 Å². The van der Waals surface area contributed by atoms with Gasteiger partial charge in [-0.2, -0.15) is 0 Å². The number of benzene rings is 10. The summed E-state index contributed by atoms with van der Waals surface area (Å²) in [6.45, 7) is 4.70. The summed E-state index contributed by atoms with van der Waals surface area (Å²) in [5.74, 6) is 0.648. The van der Waals surface area contributed by atoms with Crippen molar-refractivity contribution in [1.29, 1.82) is 0 Å². The topological polar surface area (TPSA) is 30.7 Å². The minimum absolute atomic E-state index is 0.0586. The van der Waals surface area contributed by atoms with Gasteiger partial charge in [-0.15, -0.1) is 0 Å². The summed E-state index contributed by atoms with van der Waals surface area (Å²) in [6.07, 6.45) is 0. The lowest BCUT2D eigenvalue weighted by Crippen LogP contribution is -2.14. The molecular weight excluding hydrogens is 775 g/mol. The molecule has 0 atom stereocenters. The van der Waals surface area contributed by atoms with E-state index in [0.717, 1.165) is 49.9 Å². The highest BCUT2D eigenvalue weighted by Crippen LogP contribution is 2.52. The molecule has 0 unspecified atom stereocenters. The van der Waals surface area contributed by atoms with Crippen molar-refractivity contribution in [1.82, 2.24) is 14.5 Å². The zero-order valence-corrected chi connectivity index (χ0v) is 35.5. The Hall–Kier alpha value is -8.14. The number of aromatic nitrogens is 3. The highest BCUT2D eigenvalue weighted by atomic mass is 15.2. The average molecular weight is 816 g/mol. The normalized spacial score (nSPS) is 13.0. The van der Waals surface area contributed by atoms with Crippen molar-refractivity contribution < 1.29 is 0 Å². The van der Waals surface area contributed by atoms with E-state index in [1.807, 2.05) is 0 Å². The molecule has 0 bridgehead atoms. The van der Waals surface area contributed by atoms with Crippen LogP contribution < -0.4 is 0 Å². The first-order valence-electron chi connectivity index (χ1n) is 22.2. The van der Waals surface area contributed by atoms with Crippen LogP contribution in [0.5, 0.6) is 0 Å². The molecule has 2 heterocycles. The lowest BCUT2D eigenvalue weighted by Gasteiger charge is -2.21. The second-order valence-corrected chi connectivity index (χ2v) is 17.7. The fourth-order valence-electron chi connectivity index (χ4n) is 10.9. The van der Waals surface area contributed by atoms with Gasteiger partial charge in [0.25, 0.3) is 0 Å². The zero-order chi connectivity index (χ0) is 42.5. The molecule has 0 saturated heterocycles. The number of hydrogen-bond donors (Lipinski definition) is 0. The van der Waals surface area contributed by atoms with Crippen LogP contribution in [-0.2, 0) is 5.41 Å². The number of rotatable bonds is 5. The summed E-state index contributed by atoms with van der Waals surface area (Å²) in [5.41, 5.74) is 17.5. The van der Waals surface area contributed by atoms with Gasteiger partial charge in [-0.3, -0.25) is 4.57 Å². The average Bonchev–Trinajstić information content (AvgIpc) is 3.83. The predicted molar refractivity (Wildman–Crippen MR) is 268 cm³/mol. The summed E-state index contributed by atoms with van der Waals surface area (Å²) in [7, 11) is 0. The van der Waals surface area contributed by atoms with Crippen LogP contribution in [0.15, 0.2) is 212 Å². The molecule has 2 aromatic heterocycles. The molecule has 3 nitrogen and oxygen atoms in total. The lowest BCUT2D eigenvalue weighted by molar-refractivity contribution is 0.660. The van der Waals surface area contributed by atoms with Gasteiger partial charge in [-0.05, 0) is 84.4 Å². The van der Waals surface area contributed by atoms with E-state index in [2.05, 4.69) is 231 Å². The Labute approximate surface area is 371 Å². The van der Waals surface area contributed by atoms with Gasteiger partial charge in [0.2, 0.25) is 5.95 Å². The summed E-state index contributed by atoms with van der Waals surface area (Å²) < 4.78 is 2.36. The Morgan fingerprint density at radius 2 is 0.875 bits per heavy atom. The van der Waals surface area contributed by atoms with E-state index in [1.54, 1.807) is 0 Å². The SMILES string of the molecule is CC1(C)c2ccccc2-c2c(-c3cccc(-c4cccc(-c5cccc6c7c8ccccc8c8ccccc8c7n(-c7nc(-c8ccccc8)c8ccccc8n7)c56)c4)c3)cccc21. The van der Waals surface area contributed by atoms with Crippen molar-refractivity contribution in [3.63, 3.8) is 0 Å². The maximum atomic E-state index is 5.54. The fraction of sp³-hybridized carbons (Fsp3) is 0.0492. The van der Waals surface area contributed by atoms with Crippen LogP contribution in [0.2, 0.25) is 0 Å². The van der Waals surface area contributed by atoms with E-state index >= 15 is 0 Å². The third-order valence-corrected chi connectivity index (χ3v) is 13.8. The van der Waals surface area contributed by atoms with Gasteiger partial charge < -0.3 is 0 Å². The van der Waals surface area contributed by atoms with Crippen molar-refractivity contribution in [3.8, 4) is 61.7 Å². The van der Waals surface area contributed by atoms with Gasteiger partial charge in [0.15, 0.2) is 0 Å². The Morgan fingerprint density at radius 1 is 0.359 bits per heavy atom. The molecule has 0 N–H and O–H groups in total. The number of nitrogens with zero attached hydrogens (tertiary/aromatic N) is 3. The molecule has 0 spiro atoms. The Kier molecular flexibility index (Phi) is 7.95. The summed E-state index contributed by atoms with van der Waals surface area (Å²) in [4.78, 5) is 11.0. The molecule has 0 radical (unpaired) electrons. The van der Waals surface area contributed by atoms with E-state index < -0.39 is 0 Å². The number of para-hydroxylation sites is 2.